The van der Waals surface area contributed by atoms with E-state index in [0.717, 1.165) is 33.2 Å². The minimum absolute atomic E-state index is 0.666. The summed E-state index contributed by atoms with van der Waals surface area (Å²) in [6.45, 7) is 2.65. The van der Waals surface area contributed by atoms with E-state index in [1.807, 2.05) is 43.7 Å². The van der Waals surface area contributed by atoms with Gasteiger partial charge in [-0.15, -0.1) is 0 Å². The monoisotopic (exact) mass is 289 g/mol. The lowest BCUT2D eigenvalue weighted by Crippen LogP contribution is -1.96. The van der Waals surface area contributed by atoms with Crippen molar-refractivity contribution in [3.05, 3.63) is 61.2 Å². The highest BCUT2D eigenvalue weighted by Gasteiger charge is 2.06. The van der Waals surface area contributed by atoms with Gasteiger partial charge < -0.3 is 4.74 Å². The molecule has 4 rings (SSSR count). The van der Waals surface area contributed by atoms with Crippen molar-refractivity contribution in [2.24, 2.45) is 0 Å². The third kappa shape index (κ3) is 2.09. The van der Waals surface area contributed by atoms with Crippen molar-refractivity contribution >= 4 is 21.7 Å². The molecule has 22 heavy (non-hydrogen) atoms. The third-order valence-electron chi connectivity index (χ3n) is 3.73. The molecule has 4 heteroatoms. The molecule has 0 bridgehead atoms. The van der Waals surface area contributed by atoms with Gasteiger partial charge in [-0.1, -0.05) is 6.07 Å². The Morgan fingerprint density at radius 1 is 1.00 bits per heavy atom. The molecule has 0 unspecified atom stereocenters. The van der Waals surface area contributed by atoms with E-state index in [4.69, 9.17) is 4.74 Å². The van der Waals surface area contributed by atoms with Crippen LogP contribution < -0.4 is 4.74 Å². The number of fused-ring (bicyclic) bond motifs is 2. The molecule has 0 saturated carbocycles. The van der Waals surface area contributed by atoms with Gasteiger partial charge in [0.25, 0.3) is 0 Å². The molecule has 0 N–H and O–H groups in total. The van der Waals surface area contributed by atoms with Crippen molar-refractivity contribution in [2.45, 2.75) is 6.92 Å². The molecule has 0 aliphatic rings. The zero-order valence-electron chi connectivity index (χ0n) is 12.2. The van der Waals surface area contributed by atoms with Gasteiger partial charge in [0.15, 0.2) is 0 Å². The predicted octanol–water partition coefficient (Wildman–Crippen LogP) is 3.97. The SMILES string of the molecule is CCOc1ccc2cc(-n3ccc4ccncc43)ncc2c1. The van der Waals surface area contributed by atoms with Gasteiger partial charge in [0.2, 0.25) is 0 Å². The summed E-state index contributed by atoms with van der Waals surface area (Å²) in [6, 6.07) is 12.2. The van der Waals surface area contributed by atoms with Crippen molar-refractivity contribution in [3.63, 3.8) is 0 Å². The summed E-state index contributed by atoms with van der Waals surface area (Å²) in [5, 5.41) is 3.37. The summed E-state index contributed by atoms with van der Waals surface area (Å²) in [7, 11) is 0. The summed E-state index contributed by atoms with van der Waals surface area (Å²) in [4.78, 5) is 8.78. The van der Waals surface area contributed by atoms with Crippen LogP contribution in [0.5, 0.6) is 5.75 Å². The second kappa shape index (κ2) is 5.15. The van der Waals surface area contributed by atoms with Crippen molar-refractivity contribution in [1.82, 2.24) is 14.5 Å². The maximum Gasteiger partial charge on any atom is 0.137 e. The minimum Gasteiger partial charge on any atom is -0.494 e. The zero-order valence-corrected chi connectivity index (χ0v) is 12.2. The number of hydrogen-bond acceptors (Lipinski definition) is 3. The lowest BCUT2D eigenvalue weighted by Gasteiger charge is -2.08. The molecular formula is C18H15N3O. The van der Waals surface area contributed by atoms with Crippen LogP contribution >= 0.6 is 0 Å². The van der Waals surface area contributed by atoms with E-state index in [1.165, 1.54) is 0 Å². The first-order valence-corrected chi connectivity index (χ1v) is 7.29. The Morgan fingerprint density at radius 3 is 2.86 bits per heavy atom. The highest BCUT2D eigenvalue weighted by Crippen LogP contribution is 2.24. The quantitative estimate of drug-likeness (QED) is 0.573. The van der Waals surface area contributed by atoms with E-state index >= 15 is 0 Å². The van der Waals surface area contributed by atoms with Gasteiger partial charge in [0.05, 0.1) is 18.3 Å². The van der Waals surface area contributed by atoms with Gasteiger partial charge in [-0.05, 0) is 42.6 Å². The van der Waals surface area contributed by atoms with Gasteiger partial charge >= 0.3 is 0 Å². The van der Waals surface area contributed by atoms with Crippen molar-refractivity contribution in [1.29, 1.82) is 0 Å². The van der Waals surface area contributed by atoms with E-state index in [0.29, 0.717) is 6.61 Å². The fraction of sp³-hybridized carbons (Fsp3) is 0.111. The van der Waals surface area contributed by atoms with E-state index in [1.54, 1.807) is 6.20 Å². The van der Waals surface area contributed by atoms with Gasteiger partial charge in [0, 0.05) is 29.4 Å². The van der Waals surface area contributed by atoms with Crippen LogP contribution in [-0.2, 0) is 0 Å². The van der Waals surface area contributed by atoms with Crippen LogP contribution in [0.25, 0.3) is 27.5 Å². The Balaban J connectivity index is 1.84. The van der Waals surface area contributed by atoms with Gasteiger partial charge in [-0.3, -0.25) is 9.55 Å². The molecule has 0 atom stereocenters. The standard InChI is InChI=1S/C18H15N3O/c1-2-22-16-4-3-14-10-18(20-11-15(14)9-16)21-8-6-13-5-7-19-12-17(13)21/h3-12H,2H2,1H3. The Hall–Kier alpha value is -2.88. The first kappa shape index (κ1) is 12.8. The topological polar surface area (TPSA) is 39.9 Å². The molecule has 0 aliphatic carbocycles. The lowest BCUT2D eigenvalue weighted by molar-refractivity contribution is 0.341. The summed E-state index contributed by atoms with van der Waals surface area (Å²) in [5.41, 5.74) is 1.06. The second-order valence-corrected chi connectivity index (χ2v) is 5.10. The lowest BCUT2D eigenvalue weighted by atomic mass is 10.1. The maximum absolute atomic E-state index is 5.53. The minimum atomic E-state index is 0.666. The number of hydrogen-bond donors (Lipinski definition) is 0. The molecule has 0 aliphatic heterocycles. The smallest absolute Gasteiger partial charge is 0.137 e. The molecule has 4 aromatic rings. The van der Waals surface area contributed by atoms with E-state index in [-0.39, 0.29) is 0 Å². The van der Waals surface area contributed by atoms with Crippen LogP contribution in [0.1, 0.15) is 6.92 Å². The van der Waals surface area contributed by atoms with Crippen LogP contribution in [0.3, 0.4) is 0 Å². The molecule has 0 amide bonds. The normalized spacial score (nSPS) is 11.1. The highest BCUT2D eigenvalue weighted by atomic mass is 16.5. The molecule has 0 spiro atoms. The fourth-order valence-electron chi connectivity index (χ4n) is 2.67. The molecule has 4 nitrogen and oxygen atoms in total. The summed E-state index contributed by atoms with van der Waals surface area (Å²) < 4.78 is 7.59. The molecule has 3 heterocycles. The Kier molecular flexibility index (Phi) is 3.00. The Bertz CT molecular complexity index is 959. The van der Waals surface area contributed by atoms with Crippen LogP contribution in [0.4, 0.5) is 0 Å². The van der Waals surface area contributed by atoms with E-state index < -0.39 is 0 Å². The molecule has 1 aromatic carbocycles. The number of aromatic nitrogens is 3. The third-order valence-corrected chi connectivity index (χ3v) is 3.73. The van der Waals surface area contributed by atoms with Gasteiger partial charge in [-0.25, -0.2) is 4.98 Å². The number of benzene rings is 1. The van der Waals surface area contributed by atoms with Gasteiger partial charge in [-0.2, -0.15) is 0 Å². The Morgan fingerprint density at radius 2 is 1.95 bits per heavy atom. The first-order chi connectivity index (χ1) is 10.8. The number of pyridine rings is 2. The average Bonchev–Trinajstić information content (AvgIpc) is 2.99. The first-order valence-electron chi connectivity index (χ1n) is 7.29. The largest absolute Gasteiger partial charge is 0.494 e. The van der Waals surface area contributed by atoms with Gasteiger partial charge in [0.1, 0.15) is 11.6 Å². The van der Waals surface area contributed by atoms with Crippen LogP contribution in [0.2, 0.25) is 0 Å². The number of ether oxygens (including phenoxy) is 1. The van der Waals surface area contributed by atoms with E-state index in [2.05, 4.69) is 32.7 Å². The summed E-state index contributed by atoms with van der Waals surface area (Å²) in [6.07, 6.45) is 7.57. The molecule has 108 valence electrons. The van der Waals surface area contributed by atoms with Crippen molar-refractivity contribution in [2.75, 3.05) is 6.61 Å². The van der Waals surface area contributed by atoms with Crippen LogP contribution in [0.15, 0.2) is 61.2 Å². The van der Waals surface area contributed by atoms with Crippen LogP contribution in [0, 0.1) is 0 Å². The maximum atomic E-state index is 5.53. The summed E-state index contributed by atoms with van der Waals surface area (Å²) >= 11 is 0. The molecule has 0 radical (unpaired) electrons. The number of nitrogens with zero attached hydrogens (tertiary/aromatic N) is 3. The average molecular weight is 289 g/mol. The highest BCUT2D eigenvalue weighted by molar-refractivity contribution is 5.86. The molecule has 0 saturated heterocycles. The molecular weight excluding hydrogens is 274 g/mol. The fourth-order valence-corrected chi connectivity index (χ4v) is 2.67. The molecule has 0 fully saturated rings. The summed E-state index contributed by atoms with van der Waals surface area (Å²) in [5.74, 6) is 1.76. The Labute approximate surface area is 128 Å². The zero-order chi connectivity index (χ0) is 14.9. The predicted molar refractivity (Wildman–Crippen MR) is 87.5 cm³/mol. The second-order valence-electron chi connectivity index (χ2n) is 5.10. The van der Waals surface area contributed by atoms with E-state index in [9.17, 15) is 0 Å². The molecule has 3 aromatic heterocycles. The van der Waals surface area contributed by atoms with Crippen molar-refractivity contribution < 1.29 is 4.74 Å². The van der Waals surface area contributed by atoms with Crippen LogP contribution in [-0.4, -0.2) is 21.1 Å². The number of rotatable bonds is 3. The van der Waals surface area contributed by atoms with Crippen molar-refractivity contribution in [3.8, 4) is 11.6 Å².